The summed E-state index contributed by atoms with van der Waals surface area (Å²) in [6.45, 7) is 3.27. The van der Waals surface area contributed by atoms with Gasteiger partial charge in [0.15, 0.2) is 0 Å². The molecule has 1 atom stereocenters. The number of rotatable bonds is 4. The number of anilines is 1. The number of amides is 1. The summed E-state index contributed by atoms with van der Waals surface area (Å²) in [7, 11) is 1.50. The minimum atomic E-state index is -3.52. The second-order valence-corrected chi connectivity index (χ2v) is 5.99. The van der Waals surface area contributed by atoms with Crippen molar-refractivity contribution < 1.29 is 23.1 Å². The Kier molecular flexibility index (Phi) is 4.17. The molecule has 0 saturated carbocycles. The minimum Gasteiger partial charge on any atom is -0.462 e. The van der Waals surface area contributed by atoms with Gasteiger partial charge in [0, 0.05) is 19.2 Å². The number of benzene rings is 1. The van der Waals surface area contributed by atoms with Crippen molar-refractivity contribution in [1.29, 1.82) is 0 Å². The predicted octanol–water partition coefficient (Wildman–Crippen LogP) is 3.32. The van der Waals surface area contributed by atoms with Crippen molar-refractivity contribution in [2.45, 2.75) is 31.1 Å². The summed E-state index contributed by atoms with van der Waals surface area (Å²) in [5.41, 5.74) is -0.433. The highest BCUT2D eigenvalue weighted by molar-refractivity contribution is 6.22. The van der Waals surface area contributed by atoms with Gasteiger partial charge in [0.05, 0.1) is 17.6 Å². The van der Waals surface area contributed by atoms with Gasteiger partial charge in [0.2, 0.25) is 5.91 Å². The average molecular weight is 332 g/mol. The fraction of sp³-hybridized carbons (Fsp3) is 0.467. The SMILES string of the molecule is CCOC(=O)c1ccc2c(c1)C(C)(CC(F)(F)Cl)C(=O)N2C. The lowest BCUT2D eigenvalue weighted by Gasteiger charge is -2.25. The highest BCUT2D eigenvalue weighted by Gasteiger charge is 2.51. The van der Waals surface area contributed by atoms with Crippen LogP contribution in [-0.4, -0.2) is 30.9 Å². The van der Waals surface area contributed by atoms with Crippen molar-refractivity contribution in [3.8, 4) is 0 Å². The van der Waals surface area contributed by atoms with Gasteiger partial charge in [-0.05, 0) is 49.2 Å². The van der Waals surface area contributed by atoms with Crippen LogP contribution < -0.4 is 4.90 Å². The fourth-order valence-electron chi connectivity index (χ4n) is 2.78. The number of ether oxygens (including phenoxy) is 1. The van der Waals surface area contributed by atoms with Crippen LogP contribution in [0.4, 0.5) is 14.5 Å². The number of hydrogen-bond donors (Lipinski definition) is 0. The smallest absolute Gasteiger partial charge is 0.338 e. The zero-order chi connectivity index (χ0) is 16.7. The normalized spacial score (nSPS) is 21.0. The van der Waals surface area contributed by atoms with Gasteiger partial charge in [-0.15, -0.1) is 0 Å². The van der Waals surface area contributed by atoms with E-state index in [-0.39, 0.29) is 12.2 Å². The molecular formula is C15H16ClF2NO3. The molecule has 0 aliphatic carbocycles. The molecule has 120 valence electrons. The van der Waals surface area contributed by atoms with E-state index in [1.54, 1.807) is 13.0 Å². The Hall–Kier alpha value is -1.69. The molecule has 1 aromatic rings. The van der Waals surface area contributed by atoms with E-state index in [4.69, 9.17) is 16.3 Å². The quantitative estimate of drug-likeness (QED) is 0.628. The molecule has 7 heteroatoms. The van der Waals surface area contributed by atoms with E-state index in [2.05, 4.69) is 0 Å². The number of carbonyl (C=O) groups excluding carboxylic acids is 2. The van der Waals surface area contributed by atoms with Gasteiger partial charge in [-0.3, -0.25) is 4.79 Å². The standard InChI is InChI=1S/C15H16ClF2NO3/c1-4-22-12(20)9-5-6-11-10(7-9)14(2,8-15(16,17)18)13(21)19(11)3/h5-7H,4,8H2,1-3H3. The number of alkyl halides is 3. The molecule has 0 fully saturated rings. The van der Waals surface area contributed by atoms with Crippen LogP contribution in [0.5, 0.6) is 0 Å². The van der Waals surface area contributed by atoms with Crippen molar-refractivity contribution in [1.82, 2.24) is 0 Å². The number of esters is 1. The number of halogens is 3. The molecule has 0 saturated heterocycles. The molecule has 0 radical (unpaired) electrons. The number of hydrogen-bond acceptors (Lipinski definition) is 3. The molecular weight excluding hydrogens is 316 g/mol. The number of likely N-dealkylation sites (N-methyl/N-ethyl adjacent to an activating group) is 1. The molecule has 0 bridgehead atoms. The second-order valence-electron chi connectivity index (χ2n) is 5.44. The summed E-state index contributed by atoms with van der Waals surface area (Å²) in [6, 6.07) is 4.49. The van der Waals surface area contributed by atoms with Crippen LogP contribution in [0.1, 0.15) is 36.2 Å². The highest BCUT2D eigenvalue weighted by Crippen LogP contribution is 2.47. The molecule has 1 amide bonds. The van der Waals surface area contributed by atoms with Crippen LogP contribution in [-0.2, 0) is 14.9 Å². The van der Waals surface area contributed by atoms with Crippen molar-refractivity contribution in [2.24, 2.45) is 0 Å². The molecule has 1 aliphatic heterocycles. The van der Waals surface area contributed by atoms with Gasteiger partial charge in [-0.25, -0.2) is 4.79 Å². The number of fused-ring (bicyclic) bond motifs is 1. The summed E-state index contributed by atoms with van der Waals surface area (Å²) in [5.74, 6) is -1.05. The Balaban J connectivity index is 2.52. The van der Waals surface area contributed by atoms with Crippen molar-refractivity contribution >= 4 is 29.2 Å². The molecule has 0 aromatic heterocycles. The summed E-state index contributed by atoms with van der Waals surface area (Å²) >= 11 is 5.04. The first-order valence-corrected chi connectivity index (χ1v) is 7.14. The summed E-state index contributed by atoms with van der Waals surface area (Å²) in [6.07, 6.45) is -0.843. The van der Waals surface area contributed by atoms with Crippen molar-refractivity contribution in [3.05, 3.63) is 29.3 Å². The average Bonchev–Trinajstić information content (AvgIpc) is 2.59. The van der Waals surface area contributed by atoms with Gasteiger partial charge < -0.3 is 9.64 Å². The Morgan fingerprint density at radius 1 is 1.45 bits per heavy atom. The van der Waals surface area contributed by atoms with Crippen LogP contribution in [0.3, 0.4) is 0 Å². The molecule has 0 N–H and O–H groups in total. The summed E-state index contributed by atoms with van der Waals surface area (Å²) < 4.78 is 31.5. The van der Waals surface area contributed by atoms with E-state index in [1.807, 2.05) is 0 Å². The molecule has 1 aliphatic rings. The molecule has 22 heavy (non-hydrogen) atoms. The van der Waals surface area contributed by atoms with E-state index in [1.165, 1.54) is 31.0 Å². The lowest BCUT2D eigenvalue weighted by atomic mass is 9.80. The monoisotopic (exact) mass is 331 g/mol. The maximum Gasteiger partial charge on any atom is 0.338 e. The first-order chi connectivity index (χ1) is 10.1. The zero-order valence-electron chi connectivity index (χ0n) is 12.5. The van der Waals surface area contributed by atoms with Crippen molar-refractivity contribution in [3.63, 3.8) is 0 Å². The van der Waals surface area contributed by atoms with Gasteiger partial charge in [0.1, 0.15) is 0 Å². The maximum atomic E-state index is 13.3. The maximum absolute atomic E-state index is 13.3. The van der Waals surface area contributed by atoms with Crippen LogP contribution in [0.2, 0.25) is 0 Å². The predicted molar refractivity (Wildman–Crippen MR) is 78.6 cm³/mol. The van der Waals surface area contributed by atoms with Crippen molar-refractivity contribution in [2.75, 3.05) is 18.6 Å². The molecule has 2 rings (SSSR count). The van der Waals surface area contributed by atoms with E-state index < -0.39 is 29.1 Å². The van der Waals surface area contributed by atoms with E-state index in [0.29, 0.717) is 11.3 Å². The molecule has 0 spiro atoms. The third kappa shape index (κ3) is 2.79. The van der Waals surface area contributed by atoms with Gasteiger partial charge in [-0.1, -0.05) is 0 Å². The lowest BCUT2D eigenvalue weighted by molar-refractivity contribution is -0.124. The van der Waals surface area contributed by atoms with Crippen LogP contribution in [0, 0.1) is 0 Å². The van der Waals surface area contributed by atoms with E-state index in [0.717, 1.165) is 0 Å². The first kappa shape index (κ1) is 16.7. The van der Waals surface area contributed by atoms with Gasteiger partial charge in [-0.2, -0.15) is 8.78 Å². The Morgan fingerprint density at radius 3 is 2.64 bits per heavy atom. The Morgan fingerprint density at radius 2 is 2.09 bits per heavy atom. The molecule has 1 unspecified atom stereocenters. The summed E-state index contributed by atoms with van der Waals surface area (Å²) in [5, 5.41) is -3.52. The van der Waals surface area contributed by atoms with Gasteiger partial charge >= 0.3 is 11.4 Å². The van der Waals surface area contributed by atoms with Crippen LogP contribution in [0.25, 0.3) is 0 Å². The Bertz CT molecular complexity index is 630. The number of carbonyl (C=O) groups is 2. The van der Waals surface area contributed by atoms with E-state index in [9.17, 15) is 18.4 Å². The third-order valence-electron chi connectivity index (χ3n) is 3.79. The topological polar surface area (TPSA) is 46.6 Å². The Labute approximate surface area is 132 Å². The largest absolute Gasteiger partial charge is 0.462 e. The number of nitrogens with zero attached hydrogens (tertiary/aromatic N) is 1. The lowest BCUT2D eigenvalue weighted by Crippen LogP contribution is -2.39. The minimum absolute atomic E-state index is 0.200. The molecule has 4 nitrogen and oxygen atoms in total. The first-order valence-electron chi connectivity index (χ1n) is 6.76. The second kappa shape index (κ2) is 5.50. The molecule has 1 heterocycles. The zero-order valence-corrected chi connectivity index (χ0v) is 13.2. The van der Waals surface area contributed by atoms with Crippen LogP contribution in [0.15, 0.2) is 18.2 Å². The molecule has 1 aromatic carbocycles. The third-order valence-corrected chi connectivity index (χ3v) is 3.93. The highest BCUT2D eigenvalue weighted by atomic mass is 35.5. The summed E-state index contributed by atoms with van der Waals surface area (Å²) in [4.78, 5) is 25.5. The fourth-order valence-corrected chi connectivity index (χ4v) is 3.05. The van der Waals surface area contributed by atoms with Crippen LogP contribution >= 0.6 is 11.6 Å². The van der Waals surface area contributed by atoms with E-state index >= 15 is 0 Å². The van der Waals surface area contributed by atoms with Gasteiger partial charge in [0.25, 0.3) is 0 Å².